The third kappa shape index (κ3) is 2.20. The van der Waals surface area contributed by atoms with Crippen LogP contribution in [-0.4, -0.2) is 19.0 Å². The maximum Gasteiger partial charge on any atom is 0.336 e. The summed E-state index contributed by atoms with van der Waals surface area (Å²) < 4.78 is 15.1. The molecule has 0 unspecified atom stereocenters. The summed E-state index contributed by atoms with van der Waals surface area (Å²) in [6.45, 7) is 0.164. The minimum atomic E-state index is -0.619. The Kier molecular flexibility index (Phi) is 2.86. The second-order valence-corrected chi connectivity index (χ2v) is 2.93. The van der Waals surface area contributed by atoms with Gasteiger partial charge in [-0.15, -0.1) is 0 Å². The van der Waals surface area contributed by atoms with Crippen molar-refractivity contribution in [3.05, 3.63) is 30.4 Å². The van der Waals surface area contributed by atoms with Gasteiger partial charge in [0.05, 0.1) is 0 Å². The Hall–Kier alpha value is -2.30. The van der Waals surface area contributed by atoms with Crippen molar-refractivity contribution in [2.45, 2.75) is 0 Å². The predicted molar refractivity (Wildman–Crippen MR) is 53.4 cm³/mol. The molecule has 0 spiro atoms. The smallest absolute Gasteiger partial charge is 0.336 e. The maximum atomic E-state index is 11.1. The van der Waals surface area contributed by atoms with Crippen LogP contribution >= 0.6 is 0 Å². The molecule has 0 radical (unpaired) electrons. The van der Waals surface area contributed by atoms with Gasteiger partial charge in [0.2, 0.25) is 6.79 Å². The molecule has 5 heteroatoms. The van der Waals surface area contributed by atoms with E-state index < -0.39 is 5.97 Å². The molecule has 0 aliphatic carbocycles. The van der Waals surface area contributed by atoms with Crippen LogP contribution in [0.5, 0.6) is 17.2 Å². The van der Waals surface area contributed by atoms with E-state index in [4.69, 9.17) is 14.2 Å². The number of esters is 1. The van der Waals surface area contributed by atoms with Gasteiger partial charge in [-0.05, 0) is 18.2 Å². The Morgan fingerprint density at radius 3 is 2.94 bits per heavy atom. The first kappa shape index (κ1) is 10.2. The maximum absolute atomic E-state index is 11.1. The Bertz CT molecular complexity index is 450. The van der Waals surface area contributed by atoms with Crippen molar-refractivity contribution in [1.29, 1.82) is 0 Å². The van der Waals surface area contributed by atoms with Crippen molar-refractivity contribution in [2.75, 3.05) is 6.79 Å². The number of aldehydes is 1. The first-order chi connectivity index (χ1) is 7.79. The highest BCUT2D eigenvalue weighted by atomic mass is 16.7. The standard InChI is InChI=1S/C11H8O5/c12-5-1-2-11(13)16-8-3-4-9-10(6-8)15-7-14-9/h1-6H,7H2. The zero-order chi connectivity index (χ0) is 11.4. The van der Waals surface area contributed by atoms with Crippen LogP contribution < -0.4 is 14.2 Å². The van der Waals surface area contributed by atoms with Crippen LogP contribution in [0, 0.1) is 0 Å². The van der Waals surface area contributed by atoms with Crippen LogP contribution in [0.4, 0.5) is 0 Å². The molecule has 2 rings (SSSR count). The van der Waals surface area contributed by atoms with Crippen molar-refractivity contribution in [3.8, 4) is 17.2 Å². The van der Waals surface area contributed by atoms with Gasteiger partial charge in [-0.25, -0.2) is 4.79 Å². The number of allylic oxidation sites excluding steroid dienone is 1. The van der Waals surface area contributed by atoms with Crippen LogP contribution in [0.1, 0.15) is 0 Å². The number of ether oxygens (including phenoxy) is 3. The van der Waals surface area contributed by atoms with Gasteiger partial charge in [-0.3, -0.25) is 4.79 Å². The van der Waals surface area contributed by atoms with Crippen molar-refractivity contribution in [3.63, 3.8) is 0 Å². The lowest BCUT2D eigenvalue weighted by Crippen LogP contribution is -2.03. The molecule has 0 atom stereocenters. The summed E-state index contributed by atoms with van der Waals surface area (Å²) in [6, 6.07) is 4.78. The predicted octanol–water partition coefficient (Wildman–Crippen LogP) is 1.08. The normalized spacial score (nSPS) is 12.8. The van der Waals surface area contributed by atoms with E-state index >= 15 is 0 Å². The van der Waals surface area contributed by atoms with Crippen LogP contribution in [0.25, 0.3) is 0 Å². The molecule has 0 saturated heterocycles. The van der Waals surface area contributed by atoms with Crippen LogP contribution in [-0.2, 0) is 9.59 Å². The average molecular weight is 220 g/mol. The minimum Gasteiger partial charge on any atom is -0.454 e. The van der Waals surface area contributed by atoms with Gasteiger partial charge in [0, 0.05) is 12.1 Å². The molecule has 1 aromatic rings. The third-order valence-corrected chi connectivity index (χ3v) is 1.87. The van der Waals surface area contributed by atoms with E-state index in [1.54, 1.807) is 18.2 Å². The minimum absolute atomic E-state index is 0.164. The molecule has 1 aliphatic heterocycles. The molecule has 82 valence electrons. The number of hydrogen-bond acceptors (Lipinski definition) is 5. The molecule has 16 heavy (non-hydrogen) atoms. The van der Waals surface area contributed by atoms with E-state index in [-0.39, 0.29) is 6.79 Å². The van der Waals surface area contributed by atoms with Gasteiger partial charge >= 0.3 is 5.97 Å². The molecule has 0 aromatic heterocycles. The van der Waals surface area contributed by atoms with Crippen molar-refractivity contribution >= 4 is 12.3 Å². The van der Waals surface area contributed by atoms with E-state index in [1.165, 1.54) is 0 Å². The Balaban J connectivity index is 2.08. The number of hydrogen-bond donors (Lipinski definition) is 0. The highest BCUT2D eigenvalue weighted by Crippen LogP contribution is 2.35. The molecular weight excluding hydrogens is 212 g/mol. The van der Waals surface area contributed by atoms with Crippen LogP contribution in [0.2, 0.25) is 0 Å². The van der Waals surface area contributed by atoms with Gasteiger partial charge in [0.1, 0.15) is 12.0 Å². The van der Waals surface area contributed by atoms with E-state index in [1.807, 2.05) is 0 Å². The zero-order valence-electron chi connectivity index (χ0n) is 8.21. The molecule has 0 amide bonds. The fourth-order valence-corrected chi connectivity index (χ4v) is 1.21. The SMILES string of the molecule is O=CC=CC(=O)Oc1ccc2c(c1)OCO2. The molecule has 1 heterocycles. The Morgan fingerprint density at radius 2 is 2.12 bits per heavy atom. The quantitative estimate of drug-likeness (QED) is 0.330. The monoisotopic (exact) mass is 220 g/mol. The average Bonchev–Trinajstić information content (AvgIpc) is 2.73. The van der Waals surface area contributed by atoms with Crippen LogP contribution in [0.3, 0.4) is 0 Å². The first-order valence-electron chi connectivity index (χ1n) is 4.53. The molecule has 5 nitrogen and oxygen atoms in total. The van der Waals surface area contributed by atoms with Gasteiger partial charge in [0.25, 0.3) is 0 Å². The topological polar surface area (TPSA) is 61.8 Å². The number of carbonyl (C=O) groups is 2. The van der Waals surface area contributed by atoms with Gasteiger partial charge in [-0.2, -0.15) is 0 Å². The summed E-state index contributed by atoms with van der Waals surface area (Å²) in [5, 5.41) is 0. The lowest BCUT2D eigenvalue weighted by atomic mass is 10.3. The zero-order valence-corrected chi connectivity index (χ0v) is 8.21. The van der Waals surface area contributed by atoms with E-state index in [9.17, 15) is 9.59 Å². The second-order valence-electron chi connectivity index (χ2n) is 2.93. The van der Waals surface area contributed by atoms with Crippen molar-refractivity contribution in [1.82, 2.24) is 0 Å². The number of fused-ring (bicyclic) bond motifs is 1. The summed E-state index contributed by atoms with van der Waals surface area (Å²) >= 11 is 0. The summed E-state index contributed by atoms with van der Waals surface area (Å²) in [7, 11) is 0. The lowest BCUT2D eigenvalue weighted by Gasteiger charge is -2.01. The van der Waals surface area contributed by atoms with Crippen molar-refractivity contribution < 1.29 is 23.8 Å². The fraction of sp³-hybridized carbons (Fsp3) is 0.0909. The molecule has 0 N–H and O–H groups in total. The highest BCUT2D eigenvalue weighted by Gasteiger charge is 2.14. The summed E-state index contributed by atoms with van der Waals surface area (Å²) in [5.74, 6) is 0.865. The molecule has 0 bridgehead atoms. The molecule has 0 saturated carbocycles. The van der Waals surface area contributed by atoms with Crippen molar-refractivity contribution in [2.24, 2.45) is 0 Å². The first-order valence-corrected chi connectivity index (χ1v) is 4.53. The van der Waals surface area contributed by atoms with E-state index in [2.05, 4.69) is 0 Å². The largest absolute Gasteiger partial charge is 0.454 e. The third-order valence-electron chi connectivity index (χ3n) is 1.87. The van der Waals surface area contributed by atoms with E-state index in [0.29, 0.717) is 23.5 Å². The summed E-state index contributed by atoms with van der Waals surface area (Å²) in [6.07, 6.45) is 2.60. The Labute approximate surface area is 91.2 Å². The molecule has 1 aromatic carbocycles. The summed E-state index contributed by atoms with van der Waals surface area (Å²) in [4.78, 5) is 21.1. The number of rotatable bonds is 3. The molecular formula is C11H8O5. The van der Waals surface area contributed by atoms with Gasteiger partial charge < -0.3 is 14.2 Å². The van der Waals surface area contributed by atoms with Crippen LogP contribution in [0.15, 0.2) is 30.4 Å². The number of carbonyl (C=O) groups excluding carboxylic acids is 2. The van der Waals surface area contributed by atoms with E-state index in [0.717, 1.165) is 12.2 Å². The molecule has 0 fully saturated rings. The fourth-order valence-electron chi connectivity index (χ4n) is 1.21. The second kappa shape index (κ2) is 4.48. The highest BCUT2D eigenvalue weighted by molar-refractivity contribution is 5.88. The lowest BCUT2D eigenvalue weighted by molar-refractivity contribution is -0.129. The van der Waals surface area contributed by atoms with Gasteiger partial charge in [0.15, 0.2) is 11.5 Å². The molecule has 1 aliphatic rings. The number of benzene rings is 1. The van der Waals surface area contributed by atoms with Gasteiger partial charge in [-0.1, -0.05) is 0 Å². The summed E-state index contributed by atoms with van der Waals surface area (Å²) in [5.41, 5.74) is 0. The Morgan fingerprint density at radius 1 is 1.31 bits per heavy atom.